The van der Waals surface area contributed by atoms with Crippen molar-refractivity contribution in [2.75, 3.05) is 32.2 Å². The highest BCUT2D eigenvalue weighted by Gasteiger charge is 2.09. The zero-order valence-corrected chi connectivity index (χ0v) is 13.9. The van der Waals surface area contributed by atoms with Crippen molar-refractivity contribution in [3.8, 4) is 11.5 Å². The van der Waals surface area contributed by atoms with Gasteiger partial charge in [-0.05, 0) is 36.4 Å². The predicted octanol–water partition coefficient (Wildman–Crippen LogP) is 1.86. The lowest BCUT2D eigenvalue weighted by Crippen LogP contribution is -2.24. The highest BCUT2D eigenvalue weighted by molar-refractivity contribution is 7.89. The fourth-order valence-electron chi connectivity index (χ4n) is 2.09. The van der Waals surface area contributed by atoms with Crippen molar-refractivity contribution in [2.45, 2.75) is 4.90 Å². The summed E-state index contributed by atoms with van der Waals surface area (Å²) < 4.78 is 33.3. The minimum Gasteiger partial charge on any atom is -0.495 e. The Bertz CT molecular complexity index is 745. The van der Waals surface area contributed by atoms with Crippen LogP contribution in [0.2, 0.25) is 0 Å². The molecule has 0 atom stereocenters. The molecular formula is C16H20N2O4S. The monoisotopic (exact) mass is 336 g/mol. The molecule has 2 rings (SSSR count). The van der Waals surface area contributed by atoms with Gasteiger partial charge in [0.1, 0.15) is 18.1 Å². The Morgan fingerprint density at radius 1 is 1.09 bits per heavy atom. The number of ether oxygens (including phenoxy) is 2. The van der Waals surface area contributed by atoms with Gasteiger partial charge in [0.15, 0.2) is 0 Å². The maximum atomic E-state index is 11.2. The summed E-state index contributed by atoms with van der Waals surface area (Å²) in [7, 11) is -0.0901. The molecule has 0 amide bonds. The number of para-hydroxylation sites is 2. The number of nitrogens with two attached hydrogens (primary N) is 1. The van der Waals surface area contributed by atoms with E-state index in [0.717, 1.165) is 11.4 Å². The summed E-state index contributed by atoms with van der Waals surface area (Å²) in [5.74, 6) is 1.39. The van der Waals surface area contributed by atoms with Gasteiger partial charge in [-0.1, -0.05) is 12.1 Å². The number of primary sulfonamides is 1. The average molecular weight is 336 g/mol. The van der Waals surface area contributed by atoms with E-state index >= 15 is 0 Å². The Morgan fingerprint density at radius 3 is 2.35 bits per heavy atom. The van der Waals surface area contributed by atoms with Crippen molar-refractivity contribution < 1.29 is 17.9 Å². The third-order valence-corrected chi connectivity index (χ3v) is 4.27. The number of methoxy groups -OCH3 is 1. The largest absolute Gasteiger partial charge is 0.495 e. The zero-order valence-electron chi connectivity index (χ0n) is 13.1. The Balaban J connectivity index is 1.92. The third kappa shape index (κ3) is 4.61. The molecule has 2 N–H and O–H groups in total. The van der Waals surface area contributed by atoms with Crippen LogP contribution in [0.5, 0.6) is 11.5 Å². The lowest BCUT2D eigenvalue weighted by Gasteiger charge is -2.21. The summed E-state index contributed by atoms with van der Waals surface area (Å²) in [4.78, 5) is 2.09. The number of rotatable bonds is 7. The molecule has 7 heteroatoms. The van der Waals surface area contributed by atoms with Gasteiger partial charge in [0.05, 0.1) is 24.2 Å². The number of anilines is 1. The summed E-state index contributed by atoms with van der Waals surface area (Å²) in [5, 5.41) is 5.05. The normalized spacial score (nSPS) is 11.1. The second-order valence-electron chi connectivity index (χ2n) is 4.96. The van der Waals surface area contributed by atoms with Gasteiger partial charge in [0.25, 0.3) is 0 Å². The number of benzene rings is 2. The van der Waals surface area contributed by atoms with Crippen LogP contribution in [0.1, 0.15) is 0 Å². The predicted molar refractivity (Wildman–Crippen MR) is 89.6 cm³/mol. The van der Waals surface area contributed by atoms with Crippen molar-refractivity contribution in [1.82, 2.24) is 0 Å². The molecule has 0 aliphatic carbocycles. The lowest BCUT2D eigenvalue weighted by atomic mass is 10.2. The van der Waals surface area contributed by atoms with E-state index < -0.39 is 10.0 Å². The first kappa shape index (κ1) is 17.1. The minimum absolute atomic E-state index is 0.0657. The van der Waals surface area contributed by atoms with E-state index in [9.17, 15) is 8.42 Å². The lowest BCUT2D eigenvalue weighted by molar-refractivity contribution is 0.325. The molecule has 0 saturated heterocycles. The number of hydrogen-bond acceptors (Lipinski definition) is 5. The summed E-state index contributed by atoms with van der Waals surface area (Å²) in [6, 6.07) is 13.8. The Hall–Kier alpha value is -2.25. The van der Waals surface area contributed by atoms with Crippen molar-refractivity contribution in [3.63, 3.8) is 0 Å². The summed E-state index contributed by atoms with van der Waals surface area (Å²) in [6.07, 6.45) is 0. The Morgan fingerprint density at radius 2 is 1.74 bits per heavy atom. The molecular weight excluding hydrogens is 316 g/mol. The van der Waals surface area contributed by atoms with Crippen LogP contribution in [0.4, 0.5) is 5.69 Å². The van der Waals surface area contributed by atoms with Gasteiger partial charge in [-0.15, -0.1) is 0 Å². The van der Waals surface area contributed by atoms with E-state index in [0.29, 0.717) is 18.9 Å². The zero-order chi connectivity index (χ0) is 16.9. The minimum atomic E-state index is -3.67. The Labute approximate surface area is 136 Å². The number of sulfonamides is 1. The van der Waals surface area contributed by atoms with Gasteiger partial charge in [-0.25, -0.2) is 13.6 Å². The highest BCUT2D eigenvalue weighted by Crippen LogP contribution is 2.26. The van der Waals surface area contributed by atoms with Crippen molar-refractivity contribution in [3.05, 3.63) is 48.5 Å². The van der Waals surface area contributed by atoms with Crippen LogP contribution in [0.25, 0.3) is 0 Å². The first-order valence-electron chi connectivity index (χ1n) is 7.01. The molecule has 124 valence electrons. The molecule has 0 spiro atoms. The third-order valence-electron chi connectivity index (χ3n) is 3.34. The second-order valence-corrected chi connectivity index (χ2v) is 6.52. The quantitative estimate of drug-likeness (QED) is 0.834. The van der Waals surface area contributed by atoms with Crippen molar-refractivity contribution in [1.29, 1.82) is 0 Å². The molecule has 0 radical (unpaired) electrons. The van der Waals surface area contributed by atoms with E-state index in [-0.39, 0.29) is 4.90 Å². The SMILES string of the molecule is COc1ccccc1N(C)CCOc1ccc(S(N)(=O)=O)cc1. The fraction of sp³-hybridized carbons (Fsp3) is 0.250. The van der Waals surface area contributed by atoms with E-state index in [2.05, 4.69) is 0 Å². The van der Waals surface area contributed by atoms with Gasteiger partial charge < -0.3 is 14.4 Å². The van der Waals surface area contributed by atoms with Gasteiger partial charge in [-0.2, -0.15) is 0 Å². The number of hydrogen-bond donors (Lipinski definition) is 1. The first-order valence-corrected chi connectivity index (χ1v) is 8.56. The molecule has 0 heterocycles. The van der Waals surface area contributed by atoms with Gasteiger partial charge in [0.2, 0.25) is 10.0 Å². The molecule has 23 heavy (non-hydrogen) atoms. The molecule has 0 aromatic heterocycles. The van der Waals surface area contributed by atoms with Gasteiger partial charge in [-0.3, -0.25) is 0 Å². The molecule has 0 saturated carbocycles. The smallest absolute Gasteiger partial charge is 0.238 e. The van der Waals surface area contributed by atoms with Gasteiger partial charge >= 0.3 is 0 Å². The van der Waals surface area contributed by atoms with Crippen LogP contribution < -0.4 is 19.5 Å². The molecule has 0 unspecified atom stereocenters. The summed E-state index contributed by atoms with van der Waals surface area (Å²) in [5.41, 5.74) is 0.975. The van der Waals surface area contributed by atoms with Crippen molar-refractivity contribution in [2.24, 2.45) is 5.14 Å². The first-order chi connectivity index (χ1) is 10.9. The molecule has 0 aliphatic rings. The van der Waals surface area contributed by atoms with Crippen LogP contribution >= 0.6 is 0 Å². The Kier molecular flexibility index (Phi) is 5.46. The van der Waals surface area contributed by atoms with Crippen LogP contribution in [0.3, 0.4) is 0 Å². The maximum Gasteiger partial charge on any atom is 0.238 e. The summed E-state index contributed by atoms with van der Waals surface area (Å²) >= 11 is 0. The number of likely N-dealkylation sites (N-methyl/N-ethyl adjacent to an activating group) is 1. The topological polar surface area (TPSA) is 81.9 Å². The molecule has 2 aromatic rings. The van der Waals surface area contributed by atoms with Gasteiger partial charge in [0, 0.05) is 7.05 Å². The number of nitrogens with zero attached hydrogens (tertiary/aromatic N) is 1. The summed E-state index contributed by atoms with van der Waals surface area (Å²) in [6.45, 7) is 1.10. The van der Waals surface area contributed by atoms with Crippen LogP contribution in [-0.4, -0.2) is 35.7 Å². The van der Waals surface area contributed by atoms with E-state index in [1.54, 1.807) is 19.2 Å². The van der Waals surface area contributed by atoms with Crippen molar-refractivity contribution >= 4 is 15.7 Å². The fourth-order valence-corrected chi connectivity index (χ4v) is 2.61. The molecule has 0 fully saturated rings. The molecule has 0 bridgehead atoms. The van der Waals surface area contributed by atoms with Crippen LogP contribution in [-0.2, 0) is 10.0 Å². The van der Waals surface area contributed by atoms with E-state index in [4.69, 9.17) is 14.6 Å². The maximum absolute atomic E-state index is 11.2. The standard InChI is InChI=1S/C16H20N2O4S/c1-18(15-5-3-4-6-16(15)21-2)11-12-22-13-7-9-14(10-8-13)23(17,19)20/h3-10H,11-12H2,1-2H3,(H2,17,19,20). The van der Waals surface area contributed by atoms with E-state index in [1.807, 2.05) is 36.2 Å². The molecule has 2 aromatic carbocycles. The average Bonchev–Trinajstić information content (AvgIpc) is 2.54. The van der Waals surface area contributed by atoms with Crippen LogP contribution in [0.15, 0.2) is 53.4 Å². The molecule has 6 nitrogen and oxygen atoms in total. The van der Waals surface area contributed by atoms with E-state index in [1.165, 1.54) is 12.1 Å². The highest BCUT2D eigenvalue weighted by atomic mass is 32.2. The molecule has 0 aliphatic heterocycles. The van der Waals surface area contributed by atoms with Crippen LogP contribution in [0, 0.1) is 0 Å². The second kappa shape index (κ2) is 7.34.